The van der Waals surface area contributed by atoms with Gasteiger partial charge >= 0.3 is 0 Å². The maximum absolute atomic E-state index is 12.0. The van der Waals surface area contributed by atoms with Crippen molar-refractivity contribution in [1.29, 1.82) is 0 Å². The molecule has 0 aromatic heterocycles. The Hall–Kier alpha value is -1.75. The lowest BCUT2D eigenvalue weighted by molar-refractivity contribution is 0.105. The number of piperidine rings is 1. The van der Waals surface area contributed by atoms with Gasteiger partial charge in [-0.15, -0.1) is 0 Å². The van der Waals surface area contributed by atoms with E-state index in [1.54, 1.807) is 0 Å². The molecule has 0 bridgehead atoms. The van der Waals surface area contributed by atoms with Crippen LogP contribution in [-0.2, 0) is 6.42 Å². The normalized spacial score (nSPS) is 14.8. The Balaban J connectivity index is 1.96. The molecule has 0 saturated carbocycles. The average molecular weight is 269 g/mol. The van der Waals surface area contributed by atoms with Crippen molar-refractivity contribution in [2.45, 2.75) is 39.5 Å². The van der Waals surface area contributed by atoms with E-state index in [2.05, 4.69) is 30.7 Å². The van der Waals surface area contributed by atoms with Gasteiger partial charge in [0.2, 0.25) is 5.78 Å². The molecule has 1 aromatic carbocycles. The zero-order chi connectivity index (χ0) is 14.4. The van der Waals surface area contributed by atoms with Gasteiger partial charge in [0.1, 0.15) is 0 Å². The summed E-state index contributed by atoms with van der Waals surface area (Å²) in [4.78, 5) is 14.1. The highest BCUT2D eigenvalue weighted by molar-refractivity contribution is 6.08. The molecule has 1 heterocycles. The van der Waals surface area contributed by atoms with Crippen LogP contribution in [0.15, 0.2) is 24.3 Å². The zero-order valence-electron chi connectivity index (χ0n) is 12.5. The van der Waals surface area contributed by atoms with Gasteiger partial charge < -0.3 is 4.90 Å². The predicted octanol–water partition coefficient (Wildman–Crippen LogP) is 3.51. The number of carbonyl (C=O) groups excluding carboxylic acids is 1. The molecule has 0 N–H and O–H groups in total. The Kier molecular flexibility index (Phi) is 5.24. The van der Waals surface area contributed by atoms with Gasteiger partial charge in [0.25, 0.3) is 0 Å². The van der Waals surface area contributed by atoms with E-state index >= 15 is 0 Å². The Morgan fingerprint density at radius 2 is 1.80 bits per heavy atom. The summed E-state index contributed by atoms with van der Waals surface area (Å²) in [6, 6.07) is 10.9. The second-order valence-electron chi connectivity index (χ2n) is 5.91. The smallest absolute Gasteiger partial charge is 0.237 e. The first-order valence-corrected chi connectivity index (χ1v) is 7.55. The Morgan fingerprint density at radius 3 is 2.40 bits per heavy atom. The standard InChI is InChI=1S/C18H23NO/c1-15(2)14-16-6-8-17(9-7-16)18(20)10-13-19-11-4-3-5-12-19/h6-9,15H,3-5,11-12,14H2,1-2H3. The van der Waals surface area contributed by atoms with E-state index in [0.717, 1.165) is 19.5 Å². The SMILES string of the molecule is CC(C)Cc1ccc(C(=O)C#CN2CCCCC2)cc1. The van der Waals surface area contributed by atoms with Crippen LogP contribution in [-0.4, -0.2) is 23.8 Å². The molecule has 1 aromatic rings. The minimum Gasteiger partial charge on any atom is -0.332 e. The molecule has 0 aliphatic carbocycles. The van der Waals surface area contributed by atoms with Crippen LogP contribution in [0.5, 0.6) is 0 Å². The van der Waals surface area contributed by atoms with Gasteiger partial charge in [-0.2, -0.15) is 0 Å². The molecule has 20 heavy (non-hydrogen) atoms. The molecule has 1 aliphatic heterocycles. The topological polar surface area (TPSA) is 20.3 Å². The number of likely N-dealkylation sites (tertiary alicyclic amines) is 1. The molecule has 2 rings (SSSR count). The van der Waals surface area contributed by atoms with Gasteiger partial charge in [0.15, 0.2) is 0 Å². The van der Waals surface area contributed by atoms with Crippen LogP contribution in [0.2, 0.25) is 0 Å². The predicted molar refractivity (Wildman–Crippen MR) is 82.5 cm³/mol. The Labute approximate surface area is 122 Å². The average Bonchev–Trinajstić information content (AvgIpc) is 2.46. The summed E-state index contributed by atoms with van der Waals surface area (Å²) >= 11 is 0. The van der Waals surface area contributed by atoms with Gasteiger partial charge in [-0.25, -0.2) is 0 Å². The number of Topliss-reactive ketones (excluding diaryl/α,β-unsaturated/α-hetero) is 1. The molecule has 1 saturated heterocycles. The lowest BCUT2D eigenvalue weighted by Crippen LogP contribution is -2.24. The molecule has 2 nitrogen and oxygen atoms in total. The highest BCUT2D eigenvalue weighted by Gasteiger charge is 2.07. The van der Waals surface area contributed by atoms with E-state index in [4.69, 9.17) is 0 Å². The second-order valence-corrected chi connectivity index (χ2v) is 5.91. The van der Waals surface area contributed by atoms with Crippen LogP contribution in [0.3, 0.4) is 0 Å². The monoisotopic (exact) mass is 269 g/mol. The number of rotatable bonds is 3. The quantitative estimate of drug-likeness (QED) is 0.618. The summed E-state index contributed by atoms with van der Waals surface area (Å²) in [6.45, 7) is 6.38. The fourth-order valence-electron chi connectivity index (χ4n) is 2.47. The van der Waals surface area contributed by atoms with Gasteiger partial charge in [0, 0.05) is 24.7 Å². The van der Waals surface area contributed by atoms with Crippen LogP contribution < -0.4 is 0 Å². The fourth-order valence-corrected chi connectivity index (χ4v) is 2.47. The van der Waals surface area contributed by atoms with Gasteiger partial charge in [-0.3, -0.25) is 4.79 Å². The molecular formula is C18H23NO. The Bertz CT molecular complexity index is 498. The molecule has 1 fully saturated rings. The second kappa shape index (κ2) is 7.14. The maximum atomic E-state index is 12.0. The summed E-state index contributed by atoms with van der Waals surface area (Å²) < 4.78 is 0. The van der Waals surface area contributed by atoms with Crippen LogP contribution in [0.1, 0.15) is 49.0 Å². The van der Waals surface area contributed by atoms with E-state index in [1.165, 1.54) is 24.8 Å². The number of hydrogen-bond acceptors (Lipinski definition) is 2. The maximum Gasteiger partial charge on any atom is 0.237 e. The molecular weight excluding hydrogens is 246 g/mol. The van der Waals surface area contributed by atoms with Crippen molar-refractivity contribution in [1.82, 2.24) is 4.90 Å². The number of carbonyl (C=O) groups is 1. The largest absolute Gasteiger partial charge is 0.332 e. The van der Waals surface area contributed by atoms with Gasteiger partial charge in [-0.1, -0.05) is 38.1 Å². The number of hydrogen-bond donors (Lipinski definition) is 0. The molecule has 106 valence electrons. The van der Waals surface area contributed by atoms with E-state index in [1.807, 2.05) is 24.3 Å². The Morgan fingerprint density at radius 1 is 1.15 bits per heavy atom. The number of nitrogens with zero attached hydrogens (tertiary/aromatic N) is 1. The van der Waals surface area contributed by atoms with Crippen molar-refractivity contribution >= 4 is 5.78 Å². The molecule has 0 amide bonds. The van der Waals surface area contributed by atoms with E-state index in [0.29, 0.717) is 11.5 Å². The van der Waals surface area contributed by atoms with E-state index in [9.17, 15) is 4.79 Å². The van der Waals surface area contributed by atoms with E-state index < -0.39 is 0 Å². The molecule has 0 unspecified atom stereocenters. The van der Waals surface area contributed by atoms with Crippen LogP contribution in [0, 0.1) is 17.9 Å². The lowest BCUT2D eigenvalue weighted by Gasteiger charge is -2.21. The first kappa shape index (κ1) is 14.7. The van der Waals surface area contributed by atoms with Crippen molar-refractivity contribution in [3.8, 4) is 12.0 Å². The summed E-state index contributed by atoms with van der Waals surface area (Å²) in [5.74, 6) is 3.32. The van der Waals surface area contributed by atoms with Gasteiger partial charge in [-0.05, 0) is 43.1 Å². The minimum absolute atomic E-state index is 0.0772. The van der Waals surface area contributed by atoms with Crippen LogP contribution in [0.25, 0.3) is 0 Å². The third-order valence-electron chi connectivity index (χ3n) is 3.54. The van der Waals surface area contributed by atoms with Crippen molar-refractivity contribution in [3.63, 3.8) is 0 Å². The number of benzene rings is 1. The summed E-state index contributed by atoms with van der Waals surface area (Å²) in [6.07, 6.45) is 4.71. The van der Waals surface area contributed by atoms with Crippen molar-refractivity contribution in [2.24, 2.45) is 5.92 Å². The summed E-state index contributed by atoms with van der Waals surface area (Å²) in [7, 11) is 0. The highest BCUT2D eigenvalue weighted by atomic mass is 16.1. The van der Waals surface area contributed by atoms with Crippen molar-refractivity contribution < 1.29 is 4.79 Å². The summed E-state index contributed by atoms with van der Waals surface area (Å²) in [5.41, 5.74) is 1.97. The molecule has 1 aliphatic rings. The summed E-state index contributed by atoms with van der Waals surface area (Å²) in [5, 5.41) is 0. The van der Waals surface area contributed by atoms with Crippen molar-refractivity contribution in [2.75, 3.05) is 13.1 Å². The van der Waals surface area contributed by atoms with Crippen LogP contribution in [0.4, 0.5) is 0 Å². The zero-order valence-corrected chi connectivity index (χ0v) is 12.5. The van der Waals surface area contributed by atoms with Crippen LogP contribution >= 0.6 is 0 Å². The lowest BCUT2D eigenvalue weighted by atomic mass is 10.0. The number of ketones is 1. The first-order valence-electron chi connectivity index (χ1n) is 7.55. The molecule has 0 atom stereocenters. The molecule has 0 radical (unpaired) electrons. The third-order valence-corrected chi connectivity index (χ3v) is 3.54. The van der Waals surface area contributed by atoms with Gasteiger partial charge in [0.05, 0.1) is 0 Å². The molecule has 0 spiro atoms. The van der Waals surface area contributed by atoms with Crippen molar-refractivity contribution in [3.05, 3.63) is 35.4 Å². The minimum atomic E-state index is -0.0772. The first-order chi connectivity index (χ1) is 9.65. The highest BCUT2D eigenvalue weighted by Crippen LogP contribution is 2.10. The molecule has 2 heteroatoms. The third kappa shape index (κ3) is 4.42. The fraction of sp³-hybridized carbons (Fsp3) is 0.500. The van der Waals surface area contributed by atoms with E-state index in [-0.39, 0.29) is 5.78 Å².